The third-order valence-electron chi connectivity index (χ3n) is 2.34. The van der Waals surface area contributed by atoms with Crippen molar-refractivity contribution in [3.8, 4) is 0 Å². The van der Waals surface area contributed by atoms with Crippen LogP contribution >= 0.6 is 0 Å². The molecule has 13 heavy (non-hydrogen) atoms. The Hall–Kier alpha value is -0.610. The van der Waals surface area contributed by atoms with E-state index < -0.39 is 0 Å². The Morgan fingerprint density at radius 2 is 2.46 bits per heavy atom. The van der Waals surface area contributed by atoms with E-state index in [1.54, 1.807) is 0 Å². The number of nitrogens with one attached hydrogen (secondary N) is 2. The lowest BCUT2D eigenvalue weighted by atomic mass is 9.95. The summed E-state index contributed by atoms with van der Waals surface area (Å²) in [5.41, 5.74) is 5.87. The molecule has 0 fully saturated rings. The molecule has 1 heterocycles. The van der Waals surface area contributed by atoms with Crippen molar-refractivity contribution in [3.63, 3.8) is 0 Å². The van der Waals surface area contributed by atoms with Crippen LogP contribution in [0.5, 0.6) is 0 Å². The van der Waals surface area contributed by atoms with Crippen LogP contribution in [0.1, 0.15) is 19.8 Å². The molecular weight excluding hydrogens is 164 g/mol. The molecule has 0 saturated heterocycles. The lowest BCUT2D eigenvalue weighted by molar-refractivity contribution is 0.522. The average molecular weight is 184 g/mol. The minimum Gasteiger partial charge on any atom is -0.370 e. The van der Waals surface area contributed by atoms with E-state index in [4.69, 9.17) is 5.73 Å². The van der Waals surface area contributed by atoms with Gasteiger partial charge < -0.3 is 16.4 Å². The van der Waals surface area contributed by atoms with Crippen LogP contribution < -0.4 is 16.4 Å². The zero-order valence-corrected chi connectivity index (χ0v) is 8.56. The standard InChI is InChI=1S/C9H20N4/c1-9(10,4-3-5-11-2)8-12-6-7-13-8/h11H,3-7,10H2,1-2H3,(H,12,13). The lowest BCUT2D eigenvalue weighted by Gasteiger charge is -2.24. The molecule has 1 unspecified atom stereocenters. The minimum absolute atomic E-state index is 0.270. The first-order valence-electron chi connectivity index (χ1n) is 4.89. The van der Waals surface area contributed by atoms with Gasteiger partial charge in [0.1, 0.15) is 5.84 Å². The topological polar surface area (TPSA) is 62.4 Å². The quantitative estimate of drug-likeness (QED) is 0.514. The van der Waals surface area contributed by atoms with Gasteiger partial charge in [-0.05, 0) is 33.4 Å². The summed E-state index contributed by atoms with van der Waals surface area (Å²) in [7, 11) is 1.96. The first kappa shape index (κ1) is 10.5. The van der Waals surface area contributed by atoms with Gasteiger partial charge >= 0.3 is 0 Å². The van der Waals surface area contributed by atoms with Crippen LogP contribution in [0.3, 0.4) is 0 Å². The van der Waals surface area contributed by atoms with Crippen molar-refractivity contribution in [2.24, 2.45) is 10.7 Å². The Labute approximate surface area is 80.0 Å². The fourth-order valence-corrected chi connectivity index (χ4v) is 1.53. The van der Waals surface area contributed by atoms with E-state index in [1.165, 1.54) is 0 Å². The van der Waals surface area contributed by atoms with Crippen molar-refractivity contribution in [1.82, 2.24) is 10.6 Å². The fourth-order valence-electron chi connectivity index (χ4n) is 1.53. The molecule has 0 spiro atoms. The van der Waals surface area contributed by atoms with Crippen molar-refractivity contribution in [2.45, 2.75) is 25.3 Å². The summed E-state index contributed by atoms with van der Waals surface area (Å²) in [6.07, 6.45) is 2.06. The highest BCUT2D eigenvalue weighted by Gasteiger charge is 2.26. The number of hydrogen-bond acceptors (Lipinski definition) is 4. The molecule has 1 rings (SSSR count). The SMILES string of the molecule is CNCCCC(C)(N)C1=NCCN1. The molecule has 4 nitrogen and oxygen atoms in total. The van der Waals surface area contributed by atoms with Crippen LogP contribution in [0.2, 0.25) is 0 Å². The molecule has 1 aliphatic heterocycles. The first-order chi connectivity index (χ1) is 6.17. The van der Waals surface area contributed by atoms with Crippen molar-refractivity contribution < 1.29 is 0 Å². The maximum atomic E-state index is 6.14. The van der Waals surface area contributed by atoms with Crippen LogP contribution in [0.25, 0.3) is 0 Å². The Morgan fingerprint density at radius 1 is 1.69 bits per heavy atom. The Morgan fingerprint density at radius 3 is 3.00 bits per heavy atom. The normalized spacial score (nSPS) is 20.7. The van der Waals surface area contributed by atoms with E-state index in [1.807, 2.05) is 14.0 Å². The predicted octanol–water partition coefficient (Wildman–Crippen LogP) is -0.295. The van der Waals surface area contributed by atoms with Crippen molar-refractivity contribution in [1.29, 1.82) is 0 Å². The molecule has 0 bridgehead atoms. The Bertz CT molecular complexity index is 186. The first-order valence-corrected chi connectivity index (χ1v) is 4.89. The molecule has 1 aliphatic rings. The zero-order chi connectivity index (χ0) is 9.73. The van der Waals surface area contributed by atoms with Gasteiger partial charge in [0.05, 0.1) is 12.1 Å². The summed E-state index contributed by atoms with van der Waals surface area (Å²) in [6, 6.07) is 0. The van der Waals surface area contributed by atoms with Gasteiger partial charge in [0.15, 0.2) is 0 Å². The van der Waals surface area contributed by atoms with Crippen LogP contribution in [0.15, 0.2) is 4.99 Å². The number of amidine groups is 1. The summed E-state index contributed by atoms with van der Waals surface area (Å²) in [5.74, 6) is 0.976. The molecule has 4 N–H and O–H groups in total. The number of aliphatic imine (C=N–C) groups is 1. The second kappa shape index (κ2) is 4.58. The smallest absolute Gasteiger partial charge is 0.116 e. The summed E-state index contributed by atoms with van der Waals surface area (Å²) < 4.78 is 0. The van der Waals surface area contributed by atoms with Crippen molar-refractivity contribution >= 4 is 5.84 Å². The van der Waals surface area contributed by atoms with Crippen LogP contribution in [0.4, 0.5) is 0 Å². The molecule has 0 aromatic carbocycles. The molecule has 76 valence electrons. The molecule has 1 atom stereocenters. The average Bonchev–Trinajstić information content (AvgIpc) is 2.56. The second-order valence-electron chi connectivity index (χ2n) is 3.78. The van der Waals surface area contributed by atoms with Crippen LogP contribution in [-0.4, -0.2) is 38.1 Å². The van der Waals surface area contributed by atoms with E-state index in [9.17, 15) is 0 Å². The number of nitrogens with zero attached hydrogens (tertiary/aromatic N) is 1. The van der Waals surface area contributed by atoms with E-state index in [0.29, 0.717) is 0 Å². The maximum Gasteiger partial charge on any atom is 0.116 e. The molecular formula is C9H20N4. The highest BCUT2D eigenvalue weighted by Crippen LogP contribution is 2.11. The monoisotopic (exact) mass is 184 g/mol. The Balaban J connectivity index is 2.35. The van der Waals surface area contributed by atoms with Gasteiger partial charge in [0.2, 0.25) is 0 Å². The molecule has 0 saturated carbocycles. The van der Waals surface area contributed by atoms with Crippen LogP contribution in [-0.2, 0) is 0 Å². The van der Waals surface area contributed by atoms with E-state index >= 15 is 0 Å². The van der Waals surface area contributed by atoms with Gasteiger partial charge in [-0.3, -0.25) is 4.99 Å². The van der Waals surface area contributed by atoms with E-state index in [2.05, 4.69) is 15.6 Å². The molecule has 0 aromatic heterocycles. The summed E-state index contributed by atoms with van der Waals surface area (Å²) in [5, 5.41) is 6.34. The Kier molecular flexibility index (Phi) is 3.69. The predicted molar refractivity (Wildman–Crippen MR) is 56.1 cm³/mol. The number of rotatable bonds is 5. The van der Waals surface area contributed by atoms with E-state index in [0.717, 1.165) is 38.3 Å². The fraction of sp³-hybridized carbons (Fsp3) is 0.889. The van der Waals surface area contributed by atoms with Gasteiger partial charge in [-0.2, -0.15) is 0 Å². The molecule has 0 amide bonds. The zero-order valence-electron chi connectivity index (χ0n) is 8.56. The van der Waals surface area contributed by atoms with Gasteiger partial charge in [-0.15, -0.1) is 0 Å². The molecule has 0 radical (unpaired) electrons. The van der Waals surface area contributed by atoms with Gasteiger partial charge in [-0.25, -0.2) is 0 Å². The third kappa shape index (κ3) is 2.97. The molecule has 0 aromatic rings. The minimum atomic E-state index is -0.270. The molecule has 4 heteroatoms. The highest BCUT2D eigenvalue weighted by molar-refractivity contribution is 5.92. The highest BCUT2D eigenvalue weighted by atomic mass is 15.1. The number of hydrogen-bond donors (Lipinski definition) is 3. The third-order valence-corrected chi connectivity index (χ3v) is 2.34. The van der Waals surface area contributed by atoms with Crippen molar-refractivity contribution in [2.75, 3.05) is 26.7 Å². The van der Waals surface area contributed by atoms with Crippen molar-refractivity contribution in [3.05, 3.63) is 0 Å². The number of nitrogens with two attached hydrogens (primary N) is 1. The van der Waals surface area contributed by atoms with Gasteiger partial charge in [0, 0.05) is 6.54 Å². The summed E-state index contributed by atoms with van der Waals surface area (Å²) in [6.45, 7) is 4.86. The van der Waals surface area contributed by atoms with E-state index in [-0.39, 0.29) is 5.54 Å². The largest absolute Gasteiger partial charge is 0.370 e. The maximum absolute atomic E-state index is 6.14. The summed E-state index contributed by atoms with van der Waals surface area (Å²) in [4.78, 5) is 4.35. The molecule has 0 aliphatic carbocycles. The van der Waals surface area contributed by atoms with Crippen LogP contribution in [0, 0.1) is 0 Å². The van der Waals surface area contributed by atoms with Gasteiger partial charge in [0.25, 0.3) is 0 Å². The second-order valence-corrected chi connectivity index (χ2v) is 3.78. The van der Waals surface area contributed by atoms with Gasteiger partial charge in [-0.1, -0.05) is 0 Å². The summed E-state index contributed by atoms with van der Waals surface area (Å²) >= 11 is 0. The lowest BCUT2D eigenvalue weighted by Crippen LogP contribution is -2.50.